The minimum absolute atomic E-state index is 0.338. The normalized spacial score (nSPS) is 11.5. The van der Waals surface area contributed by atoms with Gasteiger partial charge in [-0.3, -0.25) is 4.99 Å². The Morgan fingerprint density at radius 3 is 2.53 bits per heavy atom. The number of hydrogen-bond donors (Lipinski definition) is 5. The van der Waals surface area contributed by atoms with Crippen LogP contribution in [-0.4, -0.2) is 53.0 Å². The number of aromatic nitrogens is 1. The zero-order valence-electron chi connectivity index (χ0n) is 17.0. The van der Waals surface area contributed by atoms with E-state index in [0.29, 0.717) is 18.1 Å². The van der Waals surface area contributed by atoms with E-state index in [2.05, 4.69) is 27.4 Å². The van der Waals surface area contributed by atoms with Crippen LogP contribution in [-0.2, 0) is 9.59 Å². The van der Waals surface area contributed by atoms with Gasteiger partial charge in [-0.25, -0.2) is 15.0 Å². The maximum atomic E-state index is 9.55. The van der Waals surface area contributed by atoms with Gasteiger partial charge in [0, 0.05) is 41.4 Å². The summed E-state index contributed by atoms with van der Waals surface area (Å²) in [7, 11) is 1.65. The molecule has 0 bridgehead atoms. The maximum absolute atomic E-state index is 9.55. The number of methoxy groups -OCH3 is 1. The number of carboxylic acids is 2. The van der Waals surface area contributed by atoms with Crippen LogP contribution in [0.25, 0.3) is 10.9 Å². The average molecular weight is 417 g/mol. The van der Waals surface area contributed by atoms with Gasteiger partial charge in [-0.1, -0.05) is 19.8 Å². The van der Waals surface area contributed by atoms with Crippen molar-refractivity contribution in [2.24, 2.45) is 15.8 Å². The van der Waals surface area contributed by atoms with Gasteiger partial charge in [-0.15, -0.1) is 0 Å². The molecule has 6 N–H and O–H groups in total. The summed E-state index contributed by atoms with van der Waals surface area (Å²) in [6.45, 7) is 2.89. The third-order valence-corrected chi connectivity index (χ3v) is 3.72. The van der Waals surface area contributed by atoms with E-state index in [-0.39, 0.29) is 0 Å². The first-order valence-corrected chi connectivity index (χ1v) is 9.25. The van der Waals surface area contributed by atoms with Gasteiger partial charge in [0.2, 0.25) is 5.96 Å². The Morgan fingerprint density at radius 2 is 1.93 bits per heavy atom. The molecule has 1 heterocycles. The van der Waals surface area contributed by atoms with Crippen LogP contribution < -0.4 is 15.9 Å². The zero-order chi connectivity index (χ0) is 22.4. The lowest BCUT2D eigenvalue weighted by molar-refractivity contribution is -0.134. The molecule has 0 radical (unpaired) electrons. The Morgan fingerprint density at radius 1 is 1.23 bits per heavy atom. The molecule has 10 nitrogen and oxygen atoms in total. The van der Waals surface area contributed by atoms with Crippen molar-refractivity contribution < 1.29 is 24.5 Å². The molecule has 0 saturated carbocycles. The SMILES string of the molecule is CCCCCN=C(N)N/N=C\c1c[nH]c2ccc(OC)cc12.O=C(O)/C=C/C(=O)O. The van der Waals surface area contributed by atoms with E-state index in [9.17, 15) is 9.59 Å². The Labute approximate surface area is 174 Å². The lowest BCUT2D eigenvalue weighted by atomic mass is 10.2. The number of guanidine groups is 1. The van der Waals surface area contributed by atoms with E-state index in [0.717, 1.165) is 41.6 Å². The Hall–Kier alpha value is -3.82. The van der Waals surface area contributed by atoms with Gasteiger partial charge < -0.3 is 25.7 Å². The smallest absolute Gasteiger partial charge is 0.328 e. The van der Waals surface area contributed by atoms with Crippen molar-refractivity contribution in [1.82, 2.24) is 10.4 Å². The number of nitrogens with two attached hydrogens (primary N) is 1. The van der Waals surface area contributed by atoms with Crippen molar-refractivity contribution in [3.8, 4) is 5.75 Å². The number of carbonyl (C=O) groups is 2. The molecular weight excluding hydrogens is 390 g/mol. The predicted molar refractivity (Wildman–Crippen MR) is 116 cm³/mol. The second kappa shape index (κ2) is 13.4. The molecule has 2 rings (SSSR count). The molecule has 30 heavy (non-hydrogen) atoms. The second-order valence-electron chi connectivity index (χ2n) is 6.01. The number of carboxylic acid groups (broad SMARTS) is 2. The third-order valence-electron chi connectivity index (χ3n) is 3.72. The van der Waals surface area contributed by atoms with Gasteiger partial charge in [-0.05, 0) is 24.6 Å². The van der Waals surface area contributed by atoms with E-state index >= 15 is 0 Å². The number of rotatable bonds is 9. The number of hydrazone groups is 1. The van der Waals surface area contributed by atoms with Gasteiger partial charge >= 0.3 is 11.9 Å². The van der Waals surface area contributed by atoms with Crippen molar-refractivity contribution in [2.75, 3.05) is 13.7 Å². The topological polar surface area (TPSA) is 162 Å². The van der Waals surface area contributed by atoms with Gasteiger partial charge in [-0.2, -0.15) is 5.10 Å². The molecule has 0 unspecified atom stereocenters. The van der Waals surface area contributed by atoms with Crippen LogP contribution in [0, 0.1) is 0 Å². The molecule has 1 aromatic carbocycles. The zero-order valence-corrected chi connectivity index (χ0v) is 17.0. The number of hydrogen-bond acceptors (Lipinski definition) is 5. The number of nitrogens with zero attached hydrogens (tertiary/aromatic N) is 2. The average Bonchev–Trinajstić information content (AvgIpc) is 3.12. The largest absolute Gasteiger partial charge is 0.497 e. The summed E-state index contributed by atoms with van der Waals surface area (Å²) in [5.74, 6) is -1.36. The molecule has 0 fully saturated rings. The first-order chi connectivity index (χ1) is 14.4. The number of nitrogens with one attached hydrogen (secondary N) is 2. The summed E-state index contributed by atoms with van der Waals surface area (Å²) < 4.78 is 5.24. The summed E-state index contributed by atoms with van der Waals surface area (Å²) in [6.07, 6.45) is 8.11. The molecule has 0 atom stereocenters. The number of unbranched alkanes of at least 4 members (excludes halogenated alkanes) is 2. The van der Waals surface area contributed by atoms with Gasteiger partial charge in [0.15, 0.2) is 0 Å². The lowest BCUT2D eigenvalue weighted by Crippen LogP contribution is -2.27. The van der Waals surface area contributed by atoms with E-state index < -0.39 is 11.9 Å². The standard InChI is InChI=1S/C16H23N5O.C4H4O4/c1-3-4-5-8-18-16(17)21-20-11-12-10-19-15-7-6-13(22-2)9-14(12)15;5-3(6)1-2-4(7)8/h6-7,9-11,19H,3-5,8H2,1-2H3,(H3,17,18,21);1-2H,(H,5,6)(H,7,8)/b20-11-;2-1+. The fraction of sp³-hybridized carbons (Fsp3) is 0.300. The van der Waals surface area contributed by atoms with E-state index in [4.69, 9.17) is 20.7 Å². The summed E-state index contributed by atoms with van der Waals surface area (Å²) in [5, 5.41) is 20.8. The molecule has 0 spiro atoms. The quantitative estimate of drug-likeness (QED) is 0.137. The maximum Gasteiger partial charge on any atom is 0.328 e. The number of fused-ring (bicyclic) bond motifs is 1. The van der Waals surface area contributed by atoms with Crippen LogP contribution in [0.4, 0.5) is 0 Å². The molecule has 10 heteroatoms. The highest BCUT2D eigenvalue weighted by Crippen LogP contribution is 2.22. The molecule has 0 aliphatic carbocycles. The summed E-state index contributed by atoms with van der Waals surface area (Å²) in [5.41, 5.74) is 10.5. The molecule has 1 aromatic heterocycles. The van der Waals surface area contributed by atoms with Crippen molar-refractivity contribution in [3.63, 3.8) is 0 Å². The van der Waals surface area contributed by atoms with Crippen LogP contribution in [0.3, 0.4) is 0 Å². The molecular formula is C20H27N5O5. The van der Waals surface area contributed by atoms with Gasteiger partial charge in [0.1, 0.15) is 5.75 Å². The minimum atomic E-state index is -1.26. The van der Waals surface area contributed by atoms with Gasteiger partial charge in [0.25, 0.3) is 0 Å². The molecule has 0 aliphatic rings. The number of H-pyrrole nitrogens is 1. The first kappa shape index (κ1) is 24.2. The Bertz CT molecular complexity index is 901. The van der Waals surface area contributed by atoms with Crippen molar-refractivity contribution in [2.45, 2.75) is 26.2 Å². The fourth-order valence-electron chi connectivity index (χ4n) is 2.26. The molecule has 2 aromatic rings. The predicted octanol–water partition coefficient (Wildman–Crippen LogP) is 2.32. The highest BCUT2D eigenvalue weighted by Gasteiger charge is 2.03. The van der Waals surface area contributed by atoms with Crippen LogP contribution in [0.5, 0.6) is 5.75 Å². The van der Waals surface area contributed by atoms with Crippen molar-refractivity contribution >= 4 is 35.0 Å². The number of aliphatic carboxylic acids is 2. The van der Waals surface area contributed by atoms with Crippen molar-refractivity contribution in [1.29, 1.82) is 0 Å². The molecule has 0 aliphatic heterocycles. The van der Waals surface area contributed by atoms with Gasteiger partial charge in [0.05, 0.1) is 13.3 Å². The summed E-state index contributed by atoms with van der Waals surface area (Å²) in [4.78, 5) is 26.5. The van der Waals surface area contributed by atoms with Crippen LogP contribution in [0.15, 0.2) is 46.6 Å². The second-order valence-corrected chi connectivity index (χ2v) is 6.01. The Balaban J connectivity index is 0.000000479. The fourth-order valence-corrected chi connectivity index (χ4v) is 2.26. The van der Waals surface area contributed by atoms with Crippen LogP contribution in [0.2, 0.25) is 0 Å². The summed E-state index contributed by atoms with van der Waals surface area (Å²) >= 11 is 0. The number of aromatic amines is 1. The third kappa shape index (κ3) is 9.40. The lowest BCUT2D eigenvalue weighted by Gasteiger charge is -2.00. The molecule has 162 valence electrons. The monoisotopic (exact) mass is 417 g/mol. The minimum Gasteiger partial charge on any atom is -0.497 e. The first-order valence-electron chi connectivity index (χ1n) is 9.25. The highest BCUT2D eigenvalue weighted by atomic mass is 16.5. The van der Waals surface area contributed by atoms with Crippen LogP contribution >= 0.6 is 0 Å². The van der Waals surface area contributed by atoms with E-state index in [1.165, 1.54) is 6.42 Å². The van der Waals surface area contributed by atoms with E-state index in [1.54, 1.807) is 13.3 Å². The highest BCUT2D eigenvalue weighted by molar-refractivity contribution is 5.99. The van der Waals surface area contributed by atoms with Crippen molar-refractivity contribution in [3.05, 3.63) is 42.1 Å². The molecule has 0 saturated heterocycles. The number of ether oxygens (including phenoxy) is 1. The number of benzene rings is 1. The Kier molecular flexibility index (Phi) is 10.8. The van der Waals surface area contributed by atoms with E-state index in [1.807, 2.05) is 24.4 Å². The molecule has 0 amide bonds. The number of aliphatic imine (C=N–C) groups is 1. The van der Waals surface area contributed by atoms with Crippen LogP contribution in [0.1, 0.15) is 31.7 Å². The summed E-state index contributed by atoms with van der Waals surface area (Å²) in [6, 6.07) is 5.86.